The first-order valence-electron chi connectivity index (χ1n) is 30.7. The van der Waals surface area contributed by atoms with E-state index in [1.807, 2.05) is 0 Å². The van der Waals surface area contributed by atoms with Crippen molar-refractivity contribution in [2.45, 2.75) is 82.5 Å². The summed E-state index contributed by atoms with van der Waals surface area (Å²) in [6.45, 7) is 19.2. The molecule has 0 amide bonds. The van der Waals surface area contributed by atoms with Gasteiger partial charge in [0.05, 0.1) is 5.41 Å². The van der Waals surface area contributed by atoms with Gasteiger partial charge in [0, 0.05) is 21.7 Å². The third-order valence-corrected chi connectivity index (χ3v) is 21.9. The second-order valence-corrected chi connectivity index (χ2v) is 27.5. The van der Waals surface area contributed by atoms with Crippen molar-refractivity contribution in [1.29, 1.82) is 0 Å². The maximum Gasteiger partial charge on any atom is 0.0726 e. The fraction of sp³-hybridized carbons (Fsp3) is 0.153. The Bertz CT molecular complexity index is 4370. The van der Waals surface area contributed by atoms with Crippen LogP contribution in [0.2, 0.25) is 0 Å². The Morgan fingerprint density at radius 3 is 0.506 bits per heavy atom. The molecule has 0 nitrogen and oxygen atoms in total. The maximum atomic E-state index is 2.60. The van der Waals surface area contributed by atoms with Crippen LogP contribution in [0.5, 0.6) is 0 Å². The van der Waals surface area contributed by atoms with Gasteiger partial charge >= 0.3 is 0 Å². The summed E-state index contributed by atoms with van der Waals surface area (Å²) in [5.74, 6) is 0. The SMILES string of the molecule is CC1(C)c2ccccc2-c2ccc(-c3ccc4c(c3)C3(c5cc(-c6ccc7c(c6)C(C)(C)c6ccccc6-7)ccc5-4)c4cc(-c5ccc6c(c5)C(C)(C)c5ccccc5-6)ccc4-c4ccc(-c5ccc6c(c5)C(C)(C)c5ccccc5-6)cc43)cc21. The Kier molecular flexibility index (Phi) is 9.53. The molecule has 6 aliphatic carbocycles. The first-order valence-corrected chi connectivity index (χ1v) is 30.7. The molecule has 0 aromatic heterocycles. The van der Waals surface area contributed by atoms with Gasteiger partial charge < -0.3 is 0 Å². The predicted octanol–water partition coefficient (Wildman–Crippen LogP) is 21.9. The molecule has 18 rings (SSSR count). The first-order chi connectivity index (χ1) is 41.1. The first kappa shape index (κ1) is 49.1. The summed E-state index contributed by atoms with van der Waals surface area (Å²) in [5, 5.41) is 0. The van der Waals surface area contributed by atoms with E-state index in [-0.39, 0.29) is 21.7 Å². The highest BCUT2D eigenvalue weighted by atomic mass is 14.5. The lowest BCUT2D eigenvalue weighted by atomic mass is 9.69. The zero-order chi connectivity index (χ0) is 57.3. The van der Waals surface area contributed by atoms with Crippen molar-refractivity contribution in [2.75, 3.05) is 0 Å². The molecule has 6 aliphatic rings. The molecule has 1 spiro atoms. The lowest BCUT2D eigenvalue weighted by Gasteiger charge is -2.32. The summed E-state index contributed by atoms with van der Waals surface area (Å²) in [6, 6.07) is 95.1. The molecule has 404 valence electrons. The third-order valence-electron chi connectivity index (χ3n) is 21.9. The normalized spacial score (nSPS) is 16.5. The molecule has 0 unspecified atom stereocenters. The van der Waals surface area contributed by atoms with Crippen molar-refractivity contribution < 1.29 is 0 Å². The minimum absolute atomic E-state index is 0.122. The summed E-state index contributed by atoms with van der Waals surface area (Å²) in [5.41, 5.74) is 41.3. The van der Waals surface area contributed by atoms with E-state index in [2.05, 4.69) is 298 Å². The molecule has 0 saturated heterocycles. The quantitative estimate of drug-likeness (QED) is 0.165. The van der Waals surface area contributed by atoms with Gasteiger partial charge in [-0.25, -0.2) is 0 Å². The molecule has 85 heavy (non-hydrogen) atoms. The molecular weight excluding hydrogens is 1020 g/mol. The molecule has 0 radical (unpaired) electrons. The highest BCUT2D eigenvalue weighted by Gasteiger charge is 2.53. The van der Waals surface area contributed by atoms with E-state index in [1.165, 1.54) is 178 Å². The third kappa shape index (κ3) is 6.27. The Morgan fingerprint density at radius 1 is 0.153 bits per heavy atom. The molecule has 0 saturated carbocycles. The van der Waals surface area contributed by atoms with Gasteiger partial charge in [-0.15, -0.1) is 0 Å². The van der Waals surface area contributed by atoms with Crippen molar-refractivity contribution in [3.8, 4) is 111 Å². The maximum absolute atomic E-state index is 2.60. The van der Waals surface area contributed by atoms with Gasteiger partial charge in [-0.3, -0.25) is 0 Å². The molecule has 0 heterocycles. The average molecular weight is 1090 g/mol. The molecule has 0 fully saturated rings. The van der Waals surface area contributed by atoms with Crippen LogP contribution < -0.4 is 0 Å². The number of rotatable bonds is 4. The molecule has 0 aliphatic heterocycles. The van der Waals surface area contributed by atoms with Gasteiger partial charge in [0.25, 0.3) is 0 Å². The molecule has 0 bridgehead atoms. The van der Waals surface area contributed by atoms with Gasteiger partial charge in [0.15, 0.2) is 0 Å². The standard InChI is InChI=1S/C85H64/c1-81(2)69-21-13-9-17-57(69)61-33-25-49(41-73(61)81)53-29-37-65-66-38-30-54(50-26-34-62-58-18-10-14-22-70(58)82(3,4)74(62)42-50)46-78(66)85(77(65)45-53)79-47-55(51-27-35-63-59-19-11-15-23-71(59)83(5,6)75(63)43-51)31-39-67(79)68-40-32-56(48-80(68)85)52-28-36-64-60-20-12-16-24-72(60)84(7,8)76(64)44-52/h9-48H,1-8H3. The Labute approximate surface area is 500 Å². The number of hydrogen-bond acceptors (Lipinski definition) is 0. The second kappa shape index (κ2) is 16.5. The number of fused-ring (bicyclic) bond motifs is 22. The molecule has 0 N–H and O–H groups in total. The summed E-state index contributed by atoms with van der Waals surface area (Å²) >= 11 is 0. The average Bonchev–Trinajstić information content (AvgIpc) is 1.52. The molecule has 0 atom stereocenters. The highest BCUT2D eigenvalue weighted by molar-refractivity contribution is 6.00. The summed E-state index contributed by atoms with van der Waals surface area (Å²) in [7, 11) is 0. The largest absolute Gasteiger partial charge is 0.0726 e. The van der Waals surface area contributed by atoms with Crippen LogP contribution in [0.15, 0.2) is 243 Å². The zero-order valence-electron chi connectivity index (χ0n) is 49.6. The lowest BCUT2D eigenvalue weighted by molar-refractivity contribution is 0.660. The van der Waals surface area contributed by atoms with Crippen molar-refractivity contribution >= 4 is 0 Å². The number of benzene rings is 12. The lowest BCUT2D eigenvalue weighted by Crippen LogP contribution is -2.26. The smallest absolute Gasteiger partial charge is 0.0619 e. The van der Waals surface area contributed by atoms with E-state index in [1.54, 1.807) is 0 Å². The summed E-state index contributed by atoms with van der Waals surface area (Å²) in [4.78, 5) is 0. The summed E-state index contributed by atoms with van der Waals surface area (Å²) in [6.07, 6.45) is 0. The van der Waals surface area contributed by atoms with Crippen LogP contribution >= 0.6 is 0 Å². The van der Waals surface area contributed by atoms with Crippen LogP contribution in [0.25, 0.3) is 111 Å². The topological polar surface area (TPSA) is 0 Å². The molecule has 12 aromatic carbocycles. The van der Waals surface area contributed by atoms with Crippen molar-refractivity contribution in [2.24, 2.45) is 0 Å². The minimum Gasteiger partial charge on any atom is -0.0619 e. The van der Waals surface area contributed by atoms with Crippen LogP contribution in [0.3, 0.4) is 0 Å². The Balaban J connectivity index is 0.891. The van der Waals surface area contributed by atoms with Crippen molar-refractivity contribution in [1.82, 2.24) is 0 Å². The van der Waals surface area contributed by atoms with Crippen molar-refractivity contribution in [3.63, 3.8) is 0 Å². The van der Waals surface area contributed by atoms with Gasteiger partial charge in [-0.05, 0) is 227 Å². The van der Waals surface area contributed by atoms with Gasteiger partial charge in [-0.2, -0.15) is 0 Å². The molecular formula is C85H64. The van der Waals surface area contributed by atoms with Gasteiger partial charge in [0.1, 0.15) is 0 Å². The minimum atomic E-state index is -0.676. The predicted molar refractivity (Wildman–Crippen MR) is 355 cm³/mol. The fourth-order valence-electron chi connectivity index (χ4n) is 17.5. The fourth-order valence-corrected chi connectivity index (χ4v) is 17.5. The van der Waals surface area contributed by atoms with Crippen LogP contribution in [0, 0.1) is 0 Å². The highest BCUT2D eigenvalue weighted by Crippen LogP contribution is 2.65. The Morgan fingerprint density at radius 2 is 0.306 bits per heavy atom. The van der Waals surface area contributed by atoms with Crippen LogP contribution in [0.1, 0.15) is 122 Å². The van der Waals surface area contributed by atoms with Gasteiger partial charge in [0.2, 0.25) is 0 Å². The zero-order valence-corrected chi connectivity index (χ0v) is 49.6. The van der Waals surface area contributed by atoms with E-state index in [4.69, 9.17) is 0 Å². The van der Waals surface area contributed by atoms with E-state index < -0.39 is 5.41 Å². The molecule has 12 aromatic rings. The Hall–Kier alpha value is -9.36. The van der Waals surface area contributed by atoms with E-state index in [9.17, 15) is 0 Å². The second-order valence-electron chi connectivity index (χ2n) is 27.5. The van der Waals surface area contributed by atoms with Crippen LogP contribution in [-0.2, 0) is 27.1 Å². The monoisotopic (exact) mass is 1080 g/mol. The van der Waals surface area contributed by atoms with Crippen LogP contribution in [0.4, 0.5) is 0 Å². The molecule has 0 heteroatoms. The van der Waals surface area contributed by atoms with E-state index in [0.717, 1.165) is 0 Å². The van der Waals surface area contributed by atoms with Gasteiger partial charge in [-0.1, -0.05) is 250 Å². The van der Waals surface area contributed by atoms with Crippen molar-refractivity contribution in [3.05, 3.63) is 309 Å². The van der Waals surface area contributed by atoms with E-state index in [0.29, 0.717) is 0 Å². The summed E-state index contributed by atoms with van der Waals surface area (Å²) < 4.78 is 0. The van der Waals surface area contributed by atoms with E-state index >= 15 is 0 Å². The van der Waals surface area contributed by atoms with Crippen LogP contribution in [-0.4, -0.2) is 0 Å². The number of hydrogen-bond donors (Lipinski definition) is 0.